The van der Waals surface area contributed by atoms with Crippen molar-refractivity contribution < 1.29 is 19.3 Å². The number of phenolic OH excluding ortho intramolecular Hbond substituents is 1. The van der Waals surface area contributed by atoms with Gasteiger partial charge in [-0.05, 0) is 136 Å². The molecular weight excluding hydrogens is 653 g/mol. The van der Waals surface area contributed by atoms with Gasteiger partial charge in [0.1, 0.15) is 11.5 Å². The van der Waals surface area contributed by atoms with E-state index < -0.39 is 5.79 Å². The normalized spacial score (nSPS) is 14.4. The standard InChI is InChI=1S/C28H36O3.C21H24O/c1-8-23-11-12-24(15-20(23)4)28(9-2,10-3)25-13-14-26(21(5)16-25)29-17-22-18-30-27(6,7)31-19-22;1-6-17-9-10-18(13-15(17)4)21(7-2,8-3)19-11-12-20(22)16(5)14-19/h1,11-16,22H,9-10,17-19H2,2-7H3;1,9-14,22H,7-8H2,2-5H3. The zero-order chi connectivity index (χ0) is 39.0. The molecule has 0 aromatic heterocycles. The van der Waals surface area contributed by atoms with Gasteiger partial charge in [0, 0.05) is 27.9 Å². The molecule has 0 bridgehead atoms. The van der Waals surface area contributed by atoms with Gasteiger partial charge in [-0.3, -0.25) is 0 Å². The SMILES string of the molecule is C#Cc1ccc(C(CC)(CC)c2ccc(O)c(C)c2)cc1C.C#Cc1ccc(C(CC)(CC)c2ccc(OCC3COC(C)(C)OC3)c(C)c2)cc1C. The van der Waals surface area contributed by atoms with Gasteiger partial charge in [0.15, 0.2) is 5.79 Å². The lowest BCUT2D eigenvalue weighted by atomic mass is 9.70. The van der Waals surface area contributed by atoms with Crippen LogP contribution >= 0.6 is 0 Å². The van der Waals surface area contributed by atoms with Crippen molar-refractivity contribution in [3.8, 4) is 36.2 Å². The van der Waals surface area contributed by atoms with E-state index >= 15 is 0 Å². The van der Waals surface area contributed by atoms with Gasteiger partial charge < -0.3 is 19.3 Å². The van der Waals surface area contributed by atoms with Crippen molar-refractivity contribution >= 4 is 0 Å². The minimum Gasteiger partial charge on any atom is -0.508 e. The third kappa shape index (κ3) is 9.01. The van der Waals surface area contributed by atoms with Crippen LogP contribution in [0.15, 0.2) is 72.8 Å². The van der Waals surface area contributed by atoms with E-state index in [1.165, 1.54) is 22.3 Å². The summed E-state index contributed by atoms with van der Waals surface area (Å²) < 4.78 is 17.7. The van der Waals surface area contributed by atoms with Crippen molar-refractivity contribution in [1.82, 2.24) is 0 Å². The summed E-state index contributed by atoms with van der Waals surface area (Å²) in [6.45, 7) is 23.0. The van der Waals surface area contributed by atoms with Crippen LogP contribution in [0, 0.1) is 58.3 Å². The third-order valence-electron chi connectivity index (χ3n) is 11.6. The maximum Gasteiger partial charge on any atom is 0.162 e. The maximum atomic E-state index is 9.82. The van der Waals surface area contributed by atoms with Gasteiger partial charge in [-0.25, -0.2) is 0 Å². The highest BCUT2D eigenvalue weighted by Crippen LogP contribution is 2.42. The fraction of sp³-hybridized carbons (Fsp3) is 0.429. The topological polar surface area (TPSA) is 47.9 Å². The van der Waals surface area contributed by atoms with Gasteiger partial charge in [0.25, 0.3) is 0 Å². The second-order valence-corrected chi connectivity index (χ2v) is 15.1. The minimum atomic E-state index is -0.492. The molecule has 4 heteroatoms. The summed E-state index contributed by atoms with van der Waals surface area (Å²) in [6.07, 6.45) is 15.2. The second kappa shape index (κ2) is 17.6. The van der Waals surface area contributed by atoms with Crippen LogP contribution in [0.5, 0.6) is 11.5 Å². The number of benzene rings is 4. The molecule has 0 unspecified atom stereocenters. The lowest BCUT2D eigenvalue weighted by molar-refractivity contribution is -0.264. The Morgan fingerprint density at radius 3 is 1.42 bits per heavy atom. The highest BCUT2D eigenvalue weighted by Gasteiger charge is 2.33. The fourth-order valence-corrected chi connectivity index (χ4v) is 7.81. The molecule has 1 N–H and O–H groups in total. The second-order valence-electron chi connectivity index (χ2n) is 15.1. The maximum absolute atomic E-state index is 9.82. The van der Waals surface area contributed by atoms with Crippen LogP contribution in [0.3, 0.4) is 0 Å². The van der Waals surface area contributed by atoms with E-state index in [2.05, 4.69) is 115 Å². The Morgan fingerprint density at radius 1 is 0.642 bits per heavy atom. The third-order valence-corrected chi connectivity index (χ3v) is 11.6. The van der Waals surface area contributed by atoms with Crippen LogP contribution < -0.4 is 4.74 Å². The van der Waals surface area contributed by atoms with Crippen molar-refractivity contribution in [1.29, 1.82) is 0 Å². The van der Waals surface area contributed by atoms with Crippen molar-refractivity contribution in [2.75, 3.05) is 19.8 Å². The fourth-order valence-electron chi connectivity index (χ4n) is 7.81. The summed E-state index contributed by atoms with van der Waals surface area (Å²) in [7, 11) is 0. The van der Waals surface area contributed by atoms with Crippen LogP contribution in [0.4, 0.5) is 0 Å². The van der Waals surface area contributed by atoms with Crippen molar-refractivity contribution in [2.24, 2.45) is 5.92 Å². The molecule has 280 valence electrons. The summed E-state index contributed by atoms with van der Waals surface area (Å²) in [5.41, 5.74) is 11.4. The van der Waals surface area contributed by atoms with E-state index in [9.17, 15) is 5.11 Å². The Kier molecular flexibility index (Phi) is 13.7. The summed E-state index contributed by atoms with van der Waals surface area (Å²) in [4.78, 5) is 0. The Hall–Kier alpha value is -4.48. The molecule has 1 fully saturated rings. The molecular formula is C49H60O4. The van der Waals surface area contributed by atoms with Gasteiger partial charge in [-0.1, -0.05) is 88.1 Å². The van der Waals surface area contributed by atoms with Gasteiger partial charge in [-0.2, -0.15) is 0 Å². The zero-order valence-corrected chi connectivity index (χ0v) is 33.8. The van der Waals surface area contributed by atoms with Gasteiger partial charge >= 0.3 is 0 Å². The summed E-state index contributed by atoms with van der Waals surface area (Å²) in [5.74, 6) is 6.54. The molecule has 0 radical (unpaired) electrons. The van der Waals surface area contributed by atoms with Crippen LogP contribution in [-0.4, -0.2) is 30.7 Å². The van der Waals surface area contributed by atoms with E-state index in [0.29, 0.717) is 25.6 Å². The Bertz CT molecular complexity index is 1930. The highest BCUT2D eigenvalue weighted by atomic mass is 16.7. The molecule has 0 saturated carbocycles. The summed E-state index contributed by atoms with van der Waals surface area (Å²) >= 11 is 0. The number of aryl methyl sites for hydroxylation is 4. The zero-order valence-electron chi connectivity index (χ0n) is 33.8. The van der Waals surface area contributed by atoms with Gasteiger partial charge in [0.05, 0.1) is 19.8 Å². The van der Waals surface area contributed by atoms with Crippen molar-refractivity contribution in [3.63, 3.8) is 0 Å². The Balaban J connectivity index is 0.000000251. The summed E-state index contributed by atoms with van der Waals surface area (Å²) in [6, 6.07) is 25.5. The van der Waals surface area contributed by atoms with Crippen LogP contribution in [0.1, 0.15) is 123 Å². The first-order valence-corrected chi connectivity index (χ1v) is 19.2. The molecule has 4 nitrogen and oxygen atoms in total. The van der Waals surface area contributed by atoms with Crippen LogP contribution in [-0.2, 0) is 20.3 Å². The molecule has 1 aliphatic heterocycles. The Morgan fingerprint density at radius 2 is 1.04 bits per heavy atom. The number of aromatic hydroxyl groups is 1. The number of hydrogen-bond acceptors (Lipinski definition) is 4. The average molecular weight is 713 g/mol. The lowest BCUT2D eigenvalue weighted by Gasteiger charge is -2.35. The quantitative estimate of drug-likeness (QED) is 0.157. The van der Waals surface area contributed by atoms with E-state index in [0.717, 1.165) is 64.8 Å². The first-order valence-electron chi connectivity index (χ1n) is 19.2. The molecule has 5 rings (SSSR count). The number of rotatable bonds is 11. The predicted octanol–water partition coefficient (Wildman–Crippen LogP) is 11.3. The highest BCUT2D eigenvalue weighted by molar-refractivity contribution is 5.51. The smallest absolute Gasteiger partial charge is 0.162 e. The van der Waals surface area contributed by atoms with Crippen LogP contribution in [0.25, 0.3) is 0 Å². The lowest BCUT2D eigenvalue weighted by Crippen LogP contribution is -2.41. The van der Waals surface area contributed by atoms with E-state index in [4.69, 9.17) is 27.1 Å². The molecule has 1 heterocycles. The Labute approximate surface area is 320 Å². The first kappa shape index (κ1) is 41.3. The van der Waals surface area contributed by atoms with E-state index in [-0.39, 0.29) is 16.7 Å². The van der Waals surface area contributed by atoms with Crippen molar-refractivity contribution in [2.45, 2.75) is 112 Å². The van der Waals surface area contributed by atoms with E-state index in [1.807, 2.05) is 32.9 Å². The van der Waals surface area contributed by atoms with Crippen molar-refractivity contribution in [3.05, 3.63) is 128 Å². The largest absolute Gasteiger partial charge is 0.508 e. The number of hydrogen-bond donors (Lipinski definition) is 1. The molecule has 0 atom stereocenters. The average Bonchev–Trinajstić information content (AvgIpc) is 3.15. The number of terminal acetylenes is 2. The summed E-state index contributed by atoms with van der Waals surface area (Å²) in [5, 5.41) is 9.82. The van der Waals surface area contributed by atoms with E-state index in [1.54, 1.807) is 6.07 Å². The molecule has 53 heavy (non-hydrogen) atoms. The predicted molar refractivity (Wildman–Crippen MR) is 220 cm³/mol. The molecule has 1 saturated heterocycles. The van der Waals surface area contributed by atoms with Gasteiger partial charge in [-0.15, -0.1) is 12.8 Å². The molecule has 4 aromatic carbocycles. The molecule has 4 aromatic rings. The minimum absolute atomic E-state index is 0.0438. The molecule has 1 aliphatic rings. The number of phenols is 1. The monoisotopic (exact) mass is 712 g/mol. The number of ether oxygens (including phenoxy) is 3. The molecule has 0 aliphatic carbocycles. The van der Waals surface area contributed by atoms with Crippen LogP contribution in [0.2, 0.25) is 0 Å². The van der Waals surface area contributed by atoms with Gasteiger partial charge in [0.2, 0.25) is 0 Å². The first-order chi connectivity index (χ1) is 25.2. The molecule has 0 spiro atoms. The molecule has 0 amide bonds.